The molecule has 2 rings (SSSR count). The fourth-order valence-corrected chi connectivity index (χ4v) is 1.46. The van der Waals surface area contributed by atoms with Crippen molar-refractivity contribution < 1.29 is 4.74 Å². The number of aromatic nitrogens is 2. The molecule has 4 heteroatoms. The minimum absolute atomic E-state index is 0.498. The maximum Gasteiger partial charge on any atom is 0.119 e. The number of hydrogen-bond acceptors (Lipinski definition) is 4. The van der Waals surface area contributed by atoms with Crippen molar-refractivity contribution >= 4 is 5.69 Å². The van der Waals surface area contributed by atoms with E-state index in [0.717, 1.165) is 16.9 Å². The van der Waals surface area contributed by atoms with E-state index in [1.165, 1.54) is 6.20 Å². The number of rotatable bonds is 4. The molecule has 2 N–H and O–H groups in total. The molecule has 0 fully saturated rings. The number of nitrogens with zero attached hydrogens (tertiary/aromatic N) is 2. The van der Waals surface area contributed by atoms with Crippen molar-refractivity contribution in [2.45, 2.75) is 0 Å². The van der Waals surface area contributed by atoms with Crippen LogP contribution >= 0.6 is 0 Å². The summed E-state index contributed by atoms with van der Waals surface area (Å²) in [6.07, 6.45) is 4.89. The van der Waals surface area contributed by atoms with Gasteiger partial charge in [-0.1, -0.05) is 24.8 Å². The maximum absolute atomic E-state index is 5.82. The molecule has 0 aliphatic heterocycles. The van der Waals surface area contributed by atoms with Gasteiger partial charge in [0.25, 0.3) is 0 Å². The lowest BCUT2D eigenvalue weighted by Crippen LogP contribution is -1.94. The van der Waals surface area contributed by atoms with E-state index < -0.39 is 0 Å². The number of benzene rings is 1. The van der Waals surface area contributed by atoms with Crippen LogP contribution in [0.2, 0.25) is 0 Å². The third-order valence-corrected chi connectivity index (χ3v) is 2.29. The molecule has 2 aromatic rings. The lowest BCUT2D eigenvalue weighted by molar-refractivity contribution is 0.363. The summed E-state index contributed by atoms with van der Waals surface area (Å²) in [7, 11) is 0. The monoisotopic (exact) mass is 227 g/mol. The van der Waals surface area contributed by atoms with Crippen LogP contribution in [0.1, 0.15) is 0 Å². The summed E-state index contributed by atoms with van der Waals surface area (Å²) in [6.45, 7) is 4.09. The lowest BCUT2D eigenvalue weighted by atomic mass is 10.1. The fraction of sp³-hybridized carbons (Fsp3) is 0.0769. The van der Waals surface area contributed by atoms with Gasteiger partial charge in [-0.2, -0.15) is 10.2 Å². The van der Waals surface area contributed by atoms with Gasteiger partial charge in [-0.3, -0.25) is 0 Å². The van der Waals surface area contributed by atoms with Gasteiger partial charge in [-0.05, 0) is 17.7 Å². The van der Waals surface area contributed by atoms with Crippen LogP contribution in [0.15, 0.2) is 49.3 Å². The molecule has 0 radical (unpaired) electrons. The summed E-state index contributed by atoms with van der Waals surface area (Å²) in [6, 6.07) is 7.65. The van der Waals surface area contributed by atoms with Crippen LogP contribution in [-0.4, -0.2) is 16.8 Å². The van der Waals surface area contributed by atoms with Gasteiger partial charge in [0.1, 0.15) is 12.4 Å². The molecule has 0 amide bonds. The number of nitrogen functional groups attached to an aromatic ring is 1. The molecule has 4 nitrogen and oxygen atoms in total. The summed E-state index contributed by atoms with van der Waals surface area (Å²) in [5, 5.41) is 7.54. The summed E-state index contributed by atoms with van der Waals surface area (Å²) >= 11 is 0. The highest BCUT2D eigenvalue weighted by molar-refractivity contribution is 5.74. The quantitative estimate of drug-likeness (QED) is 0.814. The number of hydrogen-bond donors (Lipinski definition) is 1. The van der Waals surface area contributed by atoms with E-state index in [1.54, 1.807) is 12.3 Å². The van der Waals surface area contributed by atoms with Gasteiger partial charge in [-0.25, -0.2) is 0 Å². The van der Waals surface area contributed by atoms with Crippen LogP contribution in [0, 0.1) is 0 Å². The highest BCUT2D eigenvalue weighted by atomic mass is 16.5. The highest BCUT2D eigenvalue weighted by Crippen LogP contribution is 2.25. The molecule has 0 unspecified atom stereocenters. The first-order valence-corrected chi connectivity index (χ1v) is 5.21. The van der Waals surface area contributed by atoms with Gasteiger partial charge in [0, 0.05) is 5.56 Å². The fourth-order valence-electron chi connectivity index (χ4n) is 1.46. The Kier molecular flexibility index (Phi) is 3.35. The van der Waals surface area contributed by atoms with Crippen molar-refractivity contribution in [2.24, 2.45) is 0 Å². The second-order valence-electron chi connectivity index (χ2n) is 3.48. The van der Waals surface area contributed by atoms with E-state index in [1.807, 2.05) is 24.3 Å². The third kappa shape index (κ3) is 2.60. The summed E-state index contributed by atoms with van der Waals surface area (Å²) in [5.41, 5.74) is 8.29. The normalized spacial score (nSPS) is 9.88. The average Bonchev–Trinajstić information content (AvgIpc) is 2.38. The first-order chi connectivity index (χ1) is 8.31. The second-order valence-corrected chi connectivity index (χ2v) is 3.48. The van der Waals surface area contributed by atoms with E-state index in [4.69, 9.17) is 10.5 Å². The van der Waals surface area contributed by atoms with Gasteiger partial charge in [0.05, 0.1) is 18.1 Å². The van der Waals surface area contributed by atoms with Crippen LogP contribution < -0.4 is 10.5 Å². The van der Waals surface area contributed by atoms with Gasteiger partial charge in [0.2, 0.25) is 0 Å². The summed E-state index contributed by atoms with van der Waals surface area (Å²) < 4.78 is 5.40. The first kappa shape index (κ1) is 11.1. The van der Waals surface area contributed by atoms with Crippen LogP contribution in [0.3, 0.4) is 0 Å². The van der Waals surface area contributed by atoms with Gasteiger partial charge in [-0.15, -0.1) is 0 Å². The molecule has 1 heterocycles. The second kappa shape index (κ2) is 5.12. The van der Waals surface area contributed by atoms with E-state index >= 15 is 0 Å². The minimum atomic E-state index is 0.498. The van der Waals surface area contributed by atoms with Gasteiger partial charge in [0.15, 0.2) is 0 Å². The molecule has 0 bridgehead atoms. The zero-order valence-electron chi connectivity index (χ0n) is 9.34. The van der Waals surface area contributed by atoms with Crippen molar-refractivity contribution in [3.05, 3.63) is 49.3 Å². The number of nitrogens with two attached hydrogens (primary N) is 1. The average molecular weight is 227 g/mol. The number of ether oxygens (including phenoxy) is 1. The number of anilines is 1. The van der Waals surface area contributed by atoms with Crippen LogP contribution in [-0.2, 0) is 0 Å². The van der Waals surface area contributed by atoms with Crippen molar-refractivity contribution in [1.82, 2.24) is 10.2 Å². The molecule has 17 heavy (non-hydrogen) atoms. The van der Waals surface area contributed by atoms with E-state index in [2.05, 4.69) is 16.8 Å². The van der Waals surface area contributed by atoms with Crippen molar-refractivity contribution in [3.8, 4) is 16.9 Å². The van der Waals surface area contributed by atoms with Crippen LogP contribution in [0.25, 0.3) is 11.1 Å². The Bertz CT molecular complexity index is 508. The molecular formula is C13H13N3O. The molecule has 0 saturated carbocycles. The zero-order chi connectivity index (χ0) is 12.1. The zero-order valence-corrected chi connectivity index (χ0v) is 9.34. The standard InChI is InChI=1S/C13H13N3O/c1-2-7-17-11-5-3-10(4-6-11)12-8-15-16-9-13(12)14/h2-6,8-9H,1,7H2,(H2,14,15). The molecule has 86 valence electrons. The molecule has 0 aliphatic carbocycles. The molecule has 0 saturated heterocycles. The molecule has 1 aromatic heterocycles. The SMILES string of the molecule is C=CCOc1ccc(-c2cnncc2N)cc1. The predicted octanol–water partition coefficient (Wildman–Crippen LogP) is 2.29. The van der Waals surface area contributed by atoms with Crippen LogP contribution in [0.5, 0.6) is 5.75 Å². The van der Waals surface area contributed by atoms with Crippen molar-refractivity contribution in [3.63, 3.8) is 0 Å². The third-order valence-electron chi connectivity index (χ3n) is 2.29. The topological polar surface area (TPSA) is 61.0 Å². The summed E-state index contributed by atoms with van der Waals surface area (Å²) in [5.74, 6) is 0.800. The molecule has 0 aliphatic rings. The maximum atomic E-state index is 5.82. The largest absolute Gasteiger partial charge is 0.490 e. The predicted molar refractivity (Wildman–Crippen MR) is 67.6 cm³/mol. The Balaban J connectivity index is 2.23. The van der Waals surface area contributed by atoms with E-state index in [-0.39, 0.29) is 0 Å². The Labute approximate surface area is 99.8 Å². The highest BCUT2D eigenvalue weighted by Gasteiger charge is 2.02. The lowest BCUT2D eigenvalue weighted by Gasteiger charge is -2.06. The Morgan fingerprint density at radius 3 is 2.53 bits per heavy atom. The van der Waals surface area contributed by atoms with Gasteiger partial charge < -0.3 is 10.5 Å². The van der Waals surface area contributed by atoms with E-state index in [9.17, 15) is 0 Å². The molecule has 0 atom stereocenters. The van der Waals surface area contributed by atoms with Gasteiger partial charge >= 0.3 is 0 Å². The Morgan fingerprint density at radius 2 is 1.88 bits per heavy atom. The molecule has 1 aromatic carbocycles. The van der Waals surface area contributed by atoms with Crippen molar-refractivity contribution in [1.29, 1.82) is 0 Å². The Morgan fingerprint density at radius 1 is 1.18 bits per heavy atom. The Hall–Kier alpha value is -2.36. The summed E-state index contributed by atoms with van der Waals surface area (Å²) in [4.78, 5) is 0. The molecular weight excluding hydrogens is 214 g/mol. The van der Waals surface area contributed by atoms with Crippen molar-refractivity contribution in [2.75, 3.05) is 12.3 Å². The van der Waals surface area contributed by atoms with Crippen LogP contribution in [0.4, 0.5) is 5.69 Å². The minimum Gasteiger partial charge on any atom is -0.490 e. The van der Waals surface area contributed by atoms with E-state index in [0.29, 0.717) is 12.3 Å². The smallest absolute Gasteiger partial charge is 0.119 e. The first-order valence-electron chi connectivity index (χ1n) is 5.21. The molecule has 0 spiro atoms.